The third-order valence-corrected chi connectivity index (χ3v) is 5.17. The van der Waals surface area contributed by atoms with E-state index in [1.54, 1.807) is 50.6 Å². The van der Waals surface area contributed by atoms with E-state index >= 15 is 0 Å². The first-order valence-electron chi connectivity index (χ1n) is 9.12. The Kier molecular flexibility index (Phi) is 7.55. The van der Waals surface area contributed by atoms with E-state index in [2.05, 4.69) is 15.9 Å². The van der Waals surface area contributed by atoms with Gasteiger partial charge in [-0.1, -0.05) is 51.8 Å². The summed E-state index contributed by atoms with van der Waals surface area (Å²) in [4.78, 5) is 12.5. The molecule has 6 heteroatoms. The molecule has 0 atom stereocenters. The Hall–Kier alpha value is -2.76. The third-order valence-electron chi connectivity index (χ3n) is 4.38. The van der Waals surface area contributed by atoms with E-state index in [1.807, 2.05) is 30.3 Å². The Morgan fingerprint density at radius 2 is 1.70 bits per heavy atom. The van der Waals surface area contributed by atoms with Crippen LogP contribution < -0.4 is 14.2 Å². The van der Waals surface area contributed by atoms with Crippen LogP contribution in [-0.4, -0.2) is 20.0 Å². The van der Waals surface area contributed by atoms with Crippen molar-refractivity contribution in [3.8, 4) is 17.2 Å². The van der Waals surface area contributed by atoms with Crippen molar-refractivity contribution in [1.29, 1.82) is 0 Å². The summed E-state index contributed by atoms with van der Waals surface area (Å²) in [7, 11) is 3.15. The first-order valence-corrected chi connectivity index (χ1v) is 10.3. The molecule has 0 aliphatic rings. The van der Waals surface area contributed by atoms with Gasteiger partial charge in [0.15, 0.2) is 5.78 Å². The van der Waals surface area contributed by atoms with Gasteiger partial charge in [-0.3, -0.25) is 4.79 Å². The molecule has 3 aromatic rings. The van der Waals surface area contributed by atoms with Crippen LogP contribution in [0.25, 0.3) is 6.08 Å². The quantitative estimate of drug-likeness (QED) is 0.265. The maximum Gasteiger partial charge on any atom is 0.189 e. The molecule has 0 radical (unpaired) electrons. The Labute approximate surface area is 189 Å². The second kappa shape index (κ2) is 10.3. The number of hydrogen-bond acceptors (Lipinski definition) is 4. The van der Waals surface area contributed by atoms with Gasteiger partial charge in [0.2, 0.25) is 0 Å². The van der Waals surface area contributed by atoms with E-state index in [0.717, 1.165) is 15.6 Å². The molecule has 0 spiro atoms. The molecule has 4 nitrogen and oxygen atoms in total. The third kappa shape index (κ3) is 5.43. The van der Waals surface area contributed by atoms with Gasteiger partial charge in [0, 0.05) is 10.0 Å². The summed E-state index contributed by atoms with van der Waals surface area (Å²) in [5.74, 6) is 1.68. The number of halogens is 2. The molecule has 0 saturated carbocycles. The van der Waals surface area contributed by atoms with Crippen LogP contribution in [0.5, 0.6) is 17.2 Å². The molecule has 0 fully saturated rings. The first-order chi connectivity index (χ1) is 14.5. The van der Waals surface area contributed by atoms with Crippen LogP contribution >= 0.6 is 27.5 Å². The molecule has 0 bridgehead atoms. The average molecular weight is 488 g/mol. The van der Waals surface area contributed by atoms with Crippen LogP contribution in [0.2, 0.25) is 5.02 Å². The van der Waals surface area contributed by atoms with Gasteiger partial charge in [-0.15, -0.1) is 0 Å². The first kappa shape index (κ1) is 21.9. The second-order valence-electron chi connectivity index (χ2n) is 6.33. The zero-order valence-corrected chi connectivity index (χ0v) is 18.9. The van der Waals surface area contributed by atoms with Crippen molar-refractivity contribution in [2.75, 3.05) is 14.2 Å². The Balaban J connectivity index is 1.78. The summed E-state index contributed by atoms with van der Waals surface area (Å²) in [5, 5.41) is 0.516. The minimum absolute atomic E-state index is 0.136. The van der Waals surface area contributed by atoms with Gasteiger partial charge in [0.05, 0.1) is 24.8 Å². The fraction of sp³-hybridized carbons (Fsp3) is 0.125. The molecule has 0 unspecified atom stereocenters. The van der Waals surface area contributed by atoms with E-state index in [1.165, 1.54) is 6.08 Å². The summed E-state index contributed by atoms with van der Waals surface area (Å²) in [5.41, 5.74) is 2.20. The van der Waals surface area contributed by atoms with Crippen molar-refractivity contribution in [2.24, 2.45) is 0 Å². The maximum atomic E-state index is 12.5. The summed E-state index contributed by atoms with van der Waals surface area (Å²) in [6.07, 6.45) is 3.28. The van der Waals surface area contributed by atoms with Crippen molar-refractivity contribution >= 4 is 39.4 Å². The average Bonchev–Trinajstić information content (AvgIpc) is 2.76. The zero-order valence-electron chi connectivity index (χ0n) is 16.5. The Bertz CT molecular complexity index is 1080. The molecule has 0 aromatic heterocycles. The van der Waals surface area contributed by atoms with E-state index in [-0.39, 0.29) is 12.4 Å². The molecule has 0 N–H and O–H groups in total. The smallest absolute Gasteiger partial charge is 0.189 e. The minimum Gasteiger partial charge on any atom is -0.496 e. The molecule has 3 aromatic carbocycles. The molecule has 0 saturated heterocycles. The van der Waals surface area contributed by atoms with Crippen LogP contribution in [0, 0.1) is 0 Å². The highest BCUT2D eigenvalue weighted by atomic mass is 79.9. The molecule has 0 aliphatic carbocycles. The fourth-order valence-electron chi connectivity index (χ4n) is 2.87. The monoisotopic (exact) mass is 486 g/mol. The lowest BCUT2D eigenvalue weighted by molar-refractivity contribution is 0.104. The second-order valence-corrected chi connectivity index (χ2v) is 7.66. The van der Waals surface area contributed by atoms with Gasteiger partial charge in [0.25, 0.3) is 0 Å². The summed E-state index contributed by atoms with van der Waals surface area (Å²) < 4.78 is 17.4. The van der Waals surface area contributed by atoms with Gasteiger partial charge in [-0.25, -0.2) is 0 Å². The van der Waals surface area contributed by atoms with Gasteiger partial charge >= 0.3 is 0 Å². The number of allylic oxidation sites excluding steroid dienone is 1. The molecule has 3 rings (SSSR count). The predicted molar refractivity (Wildman–Crippen MR) is 123 cm³/mol. The normalized spacial score (nSPS) is 10.8. The molecule has 0 amide bonds. The fourth-order valence-corrected chi connectivity index (χ4v) is 3.60. The van der Waals surface area contributed by atoms with E-state index in [4.69, 9.17) is 25.8 Å². The molecule has 0 aliphatic heterocycles. The van der Waals surface area contributed by atoms with Crippen LogP contribution in [0.4, 0.5) is 0 Å². The zero-order chi connectivity index (χ0) is 21.5. The van der Waals surface area contributed by atoms with E-state index in [0.29, 0.717) is 27.8 Å². The lowest BCUT2D eigenvalue weighted by atomic mass is 10.1. The highest BCUT2D eigenvalue weighted by Gasteiger charge is 2.10. The van der Waals surface area contributed by atoms with Crippen molar-refractivity contribution in [3.05, 3.63) is 92.9 Å². The standard InChI is InChI=1S/C24H20BrClO4/c1-28-22-11-8-16(7-10-21(27)19-5-3-4-6-23(19)29-2)13-17(22)15-30-24-12-9-18(25)14-20(24)26/h3-14H,15H2,1-2H3/b10-7+. The number of benzene rings is 3. The molecule has 154 valence electrons. The predicted octanol–water partition coefficient (Wildman–Crippen LogP) is 6.59. The topological polar surface area (TPSA) is 44.8 Å². The number of para-hydroxylation sites is 1. The van der Waals surface area contributed by atoms with Crippen molar-refractivity contribution in [1.82, 2.24) is 0 Å². The van der Waals surface area contributed by atoms with Crippen molar-refractivity contribution in [2.45, 2.75) is 6.61 Å². The number of ketones is 1. The van der Waals surface area contributed by atoms with Crippen LogP contribution in [-0.2, 0) is 6.61 Å². The number of rotatable bonds is 8. The van der Waals surface area contributed by atoms with Gasteiger partial charge in [-0.05, 0) is 54.1 Å². The van der Waals surface area contributed by atoms with Crippen molar-refractivity contribution in [3.63, 3.8) is 0 Å². The molecule has 30 heavy (non-hydrogen) atoms. The van der Waals surface area contributed by atoms with Gasteiger partial charge in [-0.2, -0.15) is 0 Å². The lowest BCUT2D eigenvalue weighted by Gasteiger charge is -2.12. The Morgan fingerprint density at radius 3 is 2.43 bits per heavy atom. The largest absolute Gasteiger partial charge is 0.496 e. The summed E-state index contributed by atoms with van der Waals surface area (Å²) in [6, 6.07) is 18.2. The number of ether oxygens (including phenoxy) is 3. The Morgan fingerprint density at radius 1 is 0.967 bits per heavy atom. The summed E-state index contributed by atoms with van der Waals surface area (Å²) >= 11 is 9.60. The number of hydrogen-bond donors (Lipinski definition) is 0. The highest BCUT2D eigenvalue weighted by Crippen LogP contribution is 2.30. The van der Waals surface area contributed by atoms with Crippen LogP contribution in [0.15, 0.2) is 71.2 Å². The molecule has 0 heterocycles. The summed E-state index contributed by atoms with van der Waals surface area (Å²) in [6.45, 7) is 0.270. The van der Waals surface area contributed by atoms with Gasteiger partial charge < -0.3 is 14.2 Å². The number of methoxy groups -OCH3 is 2. The molecular formula is C24H20BrClO4. The van der Waals surface area contributed by atoms with Crippen LogP contribution in [0.1, 0.15) is 21.5 Å². The minimum atomic E-state index is -0.136. The SMILES string of the molecule is COc1ccc(/C=C/C(=O)c2ccccc2OC)cc1COc1ccc(Br)cc1Cl. The van der Waals surface area contributed by atoms with Crippen LogP contribution in [0.3, 0.4) is 0 Å². The molecular weight excluding hydrogens is 468 g/mol. The highest BCUT2D eigenvalue weighted by molar-refractivity contribution is 9.10. The maximum absolute atomic E-state index is 12.5. The number of carbonyl (C=O) groups is 1. The van der Waals surface area contributed by atoms with E-state index < -0.39 is 0 Å². The van der Waals surface area contributed by atoms with Gasteiger partial charge in [0.1, 0.15) is 23.9 Å². The van der Waals surface area contributed by atoms with Crippen molar-refractivity contribution < 1.29 is 19.0 Å². The lowest BCUT2D eigenvalue weighted by Crippen LogP contribution is -2.00. The number of carbonyl (C=O) groups excluding carboxylic acids is 1. The van der Waals surface area contributed by atoms with E-state index in [9.17, 15) is 4.79 Å².